The Labute approximate surface area is 223 Å². The van der Waals surface area contributed by atoms with E-state index in [1.165, 1.54) is 25.0 Å². The van der Waals surface area contributed by atoms with Gasteiger partial charge in [0.1, 0.15) is 18.1 Å². The molecule has 16 nitrogen and oxygen atoms in total. The number of imidazole rings is 2. The Balaban J connectivity index is 2.19. The van der Waals surface area contributed by atoms with Gasteiger partial charge in [-0.05, 0) is 12.8 Å². The van der Waals surface area contributed by atoms with Gasteiger partial charge in [0.2, 0.25) is 17.7 Å². The van der Waals surface area contributed by atoms with Crippen LogP contribution in [0.3, 0.4) is 0 Å². The summed E-state index contributed by atoms with van der Waals surface area (Å²) in [5.74, 6) is -3.39. The van der Waals surface area contributed by atoms with Crippen LogP contribution in [-0.4, -0.2) is 91.2 Å². The van der Waals surface area contributed by atoms with Crippen LogP contribution in [0.25, 0.3) is 0 Å². The first kappa shape index (κ1) is 30.1. The van der Waals surface area contributed by atoms with Crippen LogP contribution in [0.5, 0.6) is 0 Å². The van der Waals surface area contributed by atoms with Crippen LogP contribution in [0, 0.1) is 0 Å². The Hall–Kier alpha value is -4.12. The molecule has 12 N–H and O–H groups in total. The molecule has 4 atom stereocenters. The lowest BCUT2D eigenvalue weighted by atomic mass is 10.1. The number of thiol groups is 1. The smallest absolute Gasteiger partial charge is 0.326 e. The SMILES string of the molecule is NC(N)=NCCCC(NC(=O)C(N)CS)C(=O)NC(Cc1cnc[nH]1)C(=O)NC(Cc1cnc[nH]1)C(=O)O. The molecular formula is C21H33N11O5S. The van der Waals surface area contributed by atoms with Crippen molar-refractivity contribution < 1.29 is 24.3 Å². The Morgan fingerprint density at radius 3 is 1.95 bits per heavy atom. The summed E-state index contributed by atoms with van der Waals surface area (Å²) in [6.45, 7) is 0.201. The Bertz CT molecular complexity index is 1070. The normalized spacial score (nSPS) is 13.9. The second-order valence-electron chi connectivity index (χ2n) is 8.32. The molecule has 2 heterocycles. The van der Waals surface area contributed by atoms with E-state index < -0.39 is 47.9 Å². The number of aliphatic imine (C=N–C) groups is 1. The van der Waals surface area contributed by atoms with E-state index in [1.54, 1.807) is 0 Å². The number of amides is 3. The molecule has 0 spiro atoms. The third kappa shape index (κ3) is 10.1. The van der Waals surface area contributed by atoms with Crippen LogP contribution in [0.1, 0.15) is 24.2 Å². The first-order valence-corrected chi connectivity index (χ1v) is 12.2. The zero-order valence-electron chi connectivity index (χ0n) is 20.5. The summed E-state index contributed by atoms with van der Waals surface area (Å²) >= 11 is 4.00. The van der Waals surface area contributed by atoms with E-state index in [4.69, 9.17) is 17.2 Å². The molecule has 0 aliphatic carbocycles. The van der Waals surface area contributed by atoms with E-state index in [1.807, 2.05) is 0 Å². The number of hydrogen-bond donors (Lipinski definition) is 10. The summed E-state index contributed by atoms with van der Waals surface area (Å²) < 4.78 is 0. The van der Waals surface area contributed by atoms with Gasteiger partial charge in [0.05, 0.1) is 18.7 Å². The summed E-state index contributed by atoms with van der Waals surface area (Å²) in [4.78, 5) is 67.8. The predicted octanol–water partition coefficient (Wildman–Crippen LogP) is -3.23. The molecule has 17 heteroatoms. The summed E-state index contributed by atoms with van der Waals surface area (Å²) in [7, 11) is 0. The number of carbonyl (C=O) groups is 4. The number of nitrogens with one attached hydrogen (secondary N) is 5. The monoisotopic (exact) mass is 551 g/mol. The fourth-order valence-corrected chi connectivity index (χ4v) is 3.49. The quantitative estimate of drug-likeness (QED) is 0.0431. The van der Waals surface area contributed by atoms with Crippen LogP contribution in [-0.2, 0) is 32.0 Å². The lowest BCUT2D eigenvalue weighted by Crippen LogP contribution is -2.58. The highest BCUT2D eigenvalue weighted by Gasteiger charge is 2.31. The first-order valence-electron chi connectivity index (χ1n) is 11.6. The number of nitrogens with zero attached hydrogens (tertiary/aromatic N) is 3. The zero-order chi connectivity index (χ0) is 28.1. The number of guanidine groups is 1. The number of H-pyrrole nitrogens is 2. The van der Waals surface area contributed by atoms with Gasteiger partial charge in [0.25, 0.3) is 0 Å². The van der Waals surface area contributed by atoms with Gasteiger partial charge in [-0.25, -0.2) is 14.8 Å². The number of aliphatic carboxylic acids is 1. The molecule has 38 heavy (non-hydrogen) atoms. The number of rotatable bonds is 16. The Morgan fingerprint density at radius 2 is 1.45 bits per heavy atom. The number of hydrogen-bond acceptors (Lipinski definition) is 9. The Morgan fingerprint density at radius 1 is 0.921 bits per heavy atom. The molecular weight excluding hydrogens is 518 g/mol. The van der Waals surface area contributed by atoms with E-state index in [2.05, 4.69) is 53.5 Å². The van der Waals surface area contributed by atoms with Crippen molar-refractivity contribution in [3.05, 3.63) is 36.4 Å². The molecule has 0 bridgehead atoms. The van der Waals surface area contributed by atoms with Crippen molar-refractivity contribution in [2.24, 2.45) is 22.2 Å². The van der Waals surface area contributed by atoms with Crippen molar-refractivity contribution in [1.29, 1.82) is 0 Å². The van der Waals surface area contributed by atoms with E-state index >= 15 is 0 Å². The van der Waals surface area contributed by atoms with Crippen LogP contribution in [0.2, 0.25) is 0 Å². The predicted molar refractivity (Wildman–Crippen MR) is 140 cm³/mol. The van der Waals surface area contributed by atoms with E-state index in [-0.39, 0.29) is 37.5 Å². The second kappa shape index (κ2) is 15.2. The number of carboxylic acid groups (broad SMARTS) is 1. The van der Waals surface area contributed by atoms with Crippen molar-refractivity contribution in [2.45, 2.75) is 49.9 Å². The first-order chi connectivity index (χ1) is 18.1. The molecule has 4 unspecified atom stereocenters. The fourth-order valence-electron chi connectivity index (χ4n) is 3.32. The number of aromatic nitrogens is 4. The highest BCUT2D eigenvalue weighted by atomic mass is 32.1. The molecule has 2 aromatic heterocycles. The molecule has 0 aliphatic heterocycles. The number of carbonyl (C=O) groups excluding carboxylic acids is 3. The number of nitrogens with two attached hydrogens (primary N) is 3. The molecule has 0 aromatic carbocycles. The second-order valence-corrected chi connectivity index (χ2v) is 8.69. The third-order valence-corrected chi connectivity index (χ3v) is 5.71. The summed E-state index contributed by atoms with van der Waals surface area (Å²) in [6.07, 6.45) is 6.06. The van der Waals surface area contributed by atoms with E-state index in [0.29, 0.717) is 17.8 Å². The minimum Gasteiger partial charge on any atom is -0.480 e. The highest BCUT2D eigenvalue weighted by Crippen LogP contribution is 2.06. The van der Waals surface area contributed by atoms with Crippen molar-refractivity contribution in [3.63, 3.8) is 0 Å². The lowest BCUT2D eigenvalue weighted by molar-refractivity contribution is -0.142. The van der Waals surface area contributed by atoms with Gasteiger partial charge in [-0.3, -0.25) is 19.4 Å². The molecule has 208 valence electrons. The summed E-state index contributed by atoms with van der Waals surface area (Å²) in [5.41, 5.74) is 17.4. The summed E-state index contributed by atoms with van der Waals surface area (Å²) in [5, 5.41) is 17.2. The van der Waals surface area contributed by atoms with Gasteiger partial charge in [-0.2, -0.15) is 12.6 Å². The lowest BCUT2D eigenvalue weighted by Gasteiger charge is -2.25. The van der Waals surface area contributed by atoms with Crippen molar-refractivity contribution in [3.8, 4) is 0 Å². The minimum atomic E-state index is -1.30. The maximum Gasteiger partial charge on any atom is 0.326 e. The molecule has 0 radical (unpaired) electrons. The van der Waals surface area contributed by atoms with Crippen molar-refractivity contribution in [1.82, 2.24) is 35.9 Å². The molecule has 2 rings (SSSR count). The van der Waals surface area contributed by atoms with Crippen LogP contribution >= 0.6 is 12.6 Å². The maximum atomic E-state index is 13.2. The minimum absolute atomic E-state index is 0.0290. The van der Waals surface area contributed by atoms with Gasteiger partial charge in [0, 0.05) is 48.9 Å². The highest BCUT2D eigenvalue weighted by molar-refractivity contribution is 7.80. The number of carboxylic acids is 1. The average Bonchev–Trinajstić information content (AvgIpc) is 3.58. The summed E-state index contributed by atoms with van der Waals surface area (Å²) in [6, 6.07) is -4.55. The molecule has 0 saturated carbocycles. The van der Waals surface area contributed by atoms with Crippen LogP contribution in [0.4, 0.5) is 0 Å². The van der Waals surface area contributed by atoms with Crippen molar-refractivity contribution in [2.75, 3.05) is 12.3 Å². The van der Waals surface area contributed by atoms with Gasteiger partial charge < -0.3 is 48.2 Å². The van der Waals surface area contributed by atoms with E-state index in [9.17, 15) is 24.3 Å². The standard InChI is InChI=1S/C21H33N11O5S/c22-13(8-38)17(33)30-14(2-1-3-27-21(23)24)18(34)31-15(4-11-6-25-9-28-11)19(35)32-16(20(36)37)5-12-7-26-10-29-12/h6-7,9-10,13-16,38H,1-5,8,22H2,(H,25,28)(H,26,29)(H,30,33)(H,31,34)(H,32,35)(H,36,37)(H4,23,24,27). The van der Waals surface area contributed by atoms with Crippen LogP contribution < -0.4 is 33.2 Å². The van der Waals surface area contributed by atoms with E-state index in [0.717, 1.165) is 0 Å². The Kier molecular flexibility index (Phi) is 12.0. The topological polar surface area (TPSA) is 272 Å². The third-order valence-electron chi connectivity index (χ3n) is 5.32. The fraction of sp³-hybridized carbons (Fsp3) is 0.476. The molecule has 0 aliphatic rings. The van der Waals surface area contributed by atoms with Crippen molar-refractivity contribution >= 4 is 42.3 Å². The van der Waals surface area contributed by atoms with Gasteiger partial charge in [0.15, 0.2) is 5.96 Å². The van der Waals surface area contributed by atoms with Gasteiger partial charge in [-0.1, -0.05) is 0 Å². The molecule has 3 amide bonds. The average molecular weight is 552 g/mol. The largest absolute Gasteiger partial charge is 0.480 e. The molecule has 2 aromatic rings. The van der Waals surface area contributed by atoms with Gasteiger partial charge >= 0.3 is 5.97 Å². The maximum absolute atomic E-state index is 13.2. The van der Waals surface area contributed by atoms with Crippen LogP contribution in [0.15, 0.2) is 30.0 Å². The number of aromatic amines is 2. The molecule has 0 saturated heterocycles. The van der Waals surface area contributed by atoms with Gasteiger partial charge in [-0.15, -0.1) is 0 Å². The molecule has 0 fully saturated rings. The zero-order valence-corrected chi connectivity index (χ0v) is 21.4.